The molecule has 2 aliphatic carbocycles. The average molecular weight is 297 g/mol. The van der Waals surface area contributed by atoms with Crippen LogP contribution in [0.5, 0.6) is 0 Å². The first-order valence-electron chi connectivity index (χ1n) is 8.98. The Morgan fingerprint density at radius 1 is 1.14 bits per heavy atom. The van der Waals surface area contributed by atoms with Crippen LogP contribution in [0.3, 0.4) is 0 Å². The molecular formula is C18H35NO2. The van der Waals surface area contributed by atoms with E-state index >= 15 is 0 Å². The molecule has 3 nitrogen and oxygen atoms in total. The van der Waals surface area contributed by atoms with Gasteiger partial charge >= 0.3 is 0 Å². The Labute approximate surface area is 130 Å². The first-order chi connectivity index (χ1) is 9.95. The van der Waals surface area contributed by atoms with Gasteiger partial charge in [-0.25, -0.2) is 0 Å². The third kappa shape index (κ3) is 5.22. The van der Waals surface area contributed by atoms with Crippen molar-refractivity contribution in [1.82, 2.24) is 5.32 Å². The summed E-state index contributed by atoms with van der Waals surface area (Å²) in [6, 6.07) is 0.531. The molecule has 0 aliphatic heterocycles. The lowest BCUT2D eigenvalue weighted by Gasteiger charge is -2.29. The molecule has 2 rings (SSSR count). The van der Waals surface area contributed by atoms with Crippen molar-refractivity contribution < 1.29 is 9.84 Å². The second kappa shape index (κ2) is 7.94. The van der Waals surface area contributed by atoms with Crippen molar-refractivity contribution in [3.8, 4) is 0 Å². The van der Waals surface area contributed by atoms with E-state index in [1.54, 1.807) is 0 Å². The minimum absolute atomic E-state index is 0.239. The molecule has 0 saturated heterocycles. The van der Waals surface area contributed by atoms with Crippen LogP contribution in [0.15, 0.2) is 0 Å². The number of rotatable bonds is 9. The van der Waals surface area contributed by atoms with Crippen LogP contribution in [0, 0.1) is 23.7 Å². The number of fused-ring (bicyclic) bond motifs is 2. The monoisotopic (exact) mass is 297 g/mol. The van der Waals surface area contributed by atoms with Gasteiger partial charge in [0.15, 0.2) is 0 Å². The number of hydrogen-bond donors (Lipinski definition) is 2. The maximum Gasteiger partial charge on any atom is 0.0897 e. The predicted molar refractivity (Wildman–Crippen MR) is 87.3 cm³/mol. The zero-order valence-electron chi connectivity index (χ0n) is 14.3. The molecule has 0 aromatic carbocycles. The van der Waals surface area contributed by atoms with Crippen LogP contribution in [0.25, 0.3) is 0 Å². The van der Waals surface area contributed by atoms with Gasteiger partial charge in [0, 0.05) is 12.6 Å². The minimum Gasteiger partial charge on any atom is -0.389 e. The SMILES string of the molecule is CC(C)CC(C)OCC(O)CNC(C)C1CC2CCC1C2. The highest BCUT2D eigenvalue weighted by Gasteiger charge is 2.41. The number of aliphatic hydroxyl groups excluding tert-OH is 1. The van der Waals surface area contributed by atoms with Crippen molar-refractivity contribution in [1.29, 1.82) is 0 Å². The summed E-state index contributed by atoms with van der Waals surface area (Å²) in [6.45, 7) is 9.90. The van der Waals surface area contributed by atoms with Crippen LogP contribution >= 0.6 is 0 Å². The van der Waals surface area contributed by atoms with Gasteiger partial charge in [0.1, 0.15) is 0 Å². The molecule has 0 aromatic heterocycles. The van der Waals surface area contributed by atoms with Gasteiger partial charge in [0.2, 0.25) is 0 Å². The van der Waals surface area contributed by atoms with Gasteiger partial charge in [0.05, 0.1) is 18.8 Å². The molecule has 3 heteroatoms. The Morgan fingerprint density at radius 2 is 1.90 bits per heavy atom. The fourth-order valence-corrected chi connectivity index (χ4v) is 4.45. The van der Waals surface area contributed by atoms with Crippen LogP contribution in [0.1, 0.15) is 59.8 Å². The van der Waals surface area contributed by atoms with Gasteiger partial charge < -0.3 is 15.2 Å². The standard InChI is InChI=1S/C18H35NO2/c1-12(2)7-13(3)21-11-17(20)10-19-14(4)18-9-15-5-6-16(18)8-15/h12-20H,5-11H2,1-4H3. The van der Waals surface area contributed by atoms with Crippen LogP contribution < -0.4 is 5.32 Å². The molecule has 2 aliphatic rings. The quantitative estimate of drug-likeness (QED) is 0.686. The van der Waals surface area contributed by atoms with Crippen molar-refractivity contribution >= 4 is 0 Å². The molecule has 0 radical (unpaired) electrons. The number of ether oxygens (including phenoxy) is 1. The molecule has 6 atom stereocenters. The summed E-state index contributed by atoms with van der Waals surface area (Å²) in [5.74, 6) is 3.41. The Balaban J connectivity index is 1.59. The van der Waals surface area contributed by atoms with E-state index in [-0.39, 0.29) is 12.2 Å². The summed E-state index contributed by atoms with van der Waals surface area (Å²) in [6.07, 6.45) is 6.65. The van der Waals surface area contributed by atoms with Gasteiger partial charge in [-0.1, -0.05) is 20.3 Å². The first-order valence-corrected chi connectivity index (χ1v) is 8.98. The van der Waals surface area contributed by atoms with Crippen molar-refractivity contribution in [2.24, 2.45) is 23.7 Å². The fourth-order valence-electron chi connectivity index (χ4n) is 4.45. The zero-order valence-corrected chi connectivity index (χ0v) is 14.3. The highest BCUT2D eigenvalue weighted by Crippen LogP contribution is 2.49. The third-order valence-electron chi connectivity index (χ3n) is 5.49. The van der Waals surface area contributed by atoms with Crippen LogP contribution in [-0.2, 0) is 4.74 Å². The molecule has 6 unspecified atom stereocenters. The molecule has 2 saturated carbocycles. The lowest BCUT2D eigenvalue weighted by atomic mass is 9.84. The minimum atomic E-state index is -0.388. The Kier molecular flexibility index (Phi) is 6.51. The Hall–Kier alpha value is -0.120. The van der Waals surface area contributed by atoms with E-state index in [0.29, 0.717) is 25.1 Å². The van der Waals surface area contributed by atoms with E-state index in [2.05, 4.69) is 33.0 Å². The first kappa shape index (κ1) is 17.2. The second-order valence-corrected chi connectivity index (χ2v) is 7.96. The maximum absolute atomic E-state index is 10.1. The molecule has 2 fully saturated rings. The zero-order chi connectivity index (χ0) is 15.4. The van der Waals surface area contributed by atoms with Crippen molar-refractivity contribution in [2.45, 2.75) is 78.0 Å². The van der Waals surface area contributed by atoms with Gasteiger partial charge in [-0.3, -0.25) is 0 Å². The Morgan fingerprint density at radius 3 is 2.48 bits per heavy atom. The van der Waals surface area contributed by atoms with Crippen molar-refractivity contribution in [3.63, 3.8) is 0 Å². The van der Waals surface area contributed by atoms with Crippen molar-refractivity contribution in [3.05, 3.63) is 0 Å². The van der Waals surface area contributed by atoms with E-state index < -0.39 is 0 Å². The van der Waals surface area contributed by atoms with Crippen LogP contribution in [0.4, 0.5) is 0 Å². The second-order valence-electron chi connectivity index (χ2n) is 7.96. The topological polar surface area (TPSA) is 41.5 Å². The summed E-state index contributed by atoms with van der Waals surface area (Å²) < 4.78 is 5.73. The number of aliphatic hydroxyl groups is 1. The molecule has 2 bridgehead atoms. The number of hydrogen-bond acceptors (Lipinski definition) is 3. The van der Waals surface area contributed by atoms with E-state index in [0.717, 1.165) is 24.2 Å². The average Bonchev–Trinajstić information content (AvgIpc) is 3.04. The molecule has 124 valence electrons. The molecule has 0 heterocycles. The summed E-state index contributed by atoms with van der Waals surface area (Å²) >= 11 is 0. The normalized spacial score (nSPS) is 32.6. The van der Waals surface area contributed by atoms with E-state index in [4.69, 9.17) is 4.74 Å². The lowest BCUT2D eigenvalue weighted by Crippen LogP contribution is -2.41. The summed E-state index contributed by atoms with van der Waals surface area (Å²) in [4.78, 5) is 0. The maximum atomic E-state index is 10.1. The molecule has 21 heavy (non-hydrogen) atoms. The largest absolute Gasteiger partial charge is 0.389 e. The van der Waals surface area contributed by atoms with Gasteiger partial charge in [0.25, 0.3) is 0 Å². The van der Waals surface area contributed by atoms with Crippen LogP contribution in [0.2, 0.25) is 0 Å². The van der Waals surface area contributed by atoms with Gasteiger partial charge in [-0.15, -0.1) is 0 Å². The smallest absolute Gasteiger partial charge is 0.0897 e. The van der Waals surface area contributed by atoms with Crippen molar-refractivity contribution in [2.75, 3.05) is 13.2 Å². The summed E-state index contributed by atoms with van der Waals surface area (Å²) in [5, 5.41) is 13.6. The Bertz CT molecular complexity index is 308. The van der Waals surface area contributed by atoms with E-state index in [1.165, 1.54) is 25.7 Å². The lowest BCUT2D eigenvalue weighted by molar-refractivity contribution is -0.00992. The molecule has 0 amide bonds. The summed E-state index contributed by atoms with van der Waals surface area (Å²) in [5.41, 5.74) is 0. The van der Waals surface area contributed by atoms with E-state index in [9.17, 15) is 5.11 Å². The highest BCUT2D eigenvalue weighted by molar-refractivity contribution is 4.94. The third-order valence-corrected chi connectivity index (χ3v) is 5.49. The predicted octanol–water partition coefficient (Wildman–Crippen LogP) is 3.21. The molecule has 0 aromatic rings. The fraction of sp³-hybridized carbons (Fsp3) is 1.00. The molecule has 2 N–H and O–H groups in total. The molecule has 0 spiro atoms. The number of nitrogens with one attached hydrogen (secondary N) is 1. The van der Waals surface area contributed by atoms with Crippen LogP contribution in [-0.4, -0.2) is 36.5 Å². The van der Waals surface area contributed by atoms with Gasteiger partial charge in [-0.2, -0.15) is 0 Å². The highest BCUT2D eigenvalue weighted by atomic mass is 16.5. The summed E-state index contributed by atoms with van der Waals surface area (Å²) in [7, 11) is 0. The molecular weight excluding hydrogens is 262 g/mol. The van der Waals surface area contributed by atoms with E-state index in [1.807, 2.05) is 0 Å². The van der Waals surface area contributed by atoms with Gasteiger partial charge in [-0.05, 0) is 63.2 Å².